The number of guanidine groups is 1. The van der Waals surface area contributed by atoms with Crippen molar-refractivity contribution in [2.24, 2.45) is 15.9 Å². The van der Waals surface area contributed by atoms with Crippen LogP contribution in [0.5, 0.6) is 28.7 Å². The van der Waals surface area contributed by atoms with Crippen LogP contribution >= 0.6 is 0 Å². The van der Waals surface area contributed by atoms with E-state index in [1.807, 2.05) is 49.7 Å². The molecular weight excluding hydrogens is 891 g/mol. The summed E-state index contributed by atoms with van der Waals surface area (Å²) in [5.74, 6) is 1.03. The molecule has 8 atom stereocenters. The molecule has 370 valence electrons. The van der Waals surface area contributed by atoms with Crippen LogP contribution in [-0.4, -0.2) is 107 Å². The molecule has 5 aliphatic rings. The van der Waals surface area contributed by atoms with Crippen LogP contribution in [0, 0.1) is 5.92 Å². The van der Waals surface area contributed by atoms with Gasteiger partial charge in [0.2, 0.25) is 5.75 Å². The quantitative estimate of drug-likeness (QED) is 0.0383. The largest absolute Gasteiger partial charge is 0.504 e. The molecule has 17 heteroatoms. The first-order valence-electron chi connectivity index (χ1n) is 24.6. The van der Waals surface area contributed by atoms with E-state index in [0.717, 1.165) is 73.5 Å². The summed E-state index contributed by atoms with van der Waals surface area (Å²) in [6.45, 7) is 3.88. The Hall–Kier alpha value is -6.69. The van der Waals surface area contributed by atoms with Gasteiger partial charge in [-0.15, -0.1) is 0 Å². The van der Waals surface area contributed by atoms with Crippen molar-refractivity contribution in [3.63, 3.8) is 0 Å². The molecule has 1 saturated carbocycles. The number of nitrogens with one attached hydrogen (secondary N) is 4. The van der Waals surface area contributed by atoms with Crippen molar-refractivity contribution in [1.82, 2.24) is 25.9 Å². The topological polar surface area (TPSA) is 232 Å². The summed E-state index contributed by atoms with van der Waals surface area (Å²) in [6.07, 6.45) is 17.7. The SMILES string of the molecule is CNCC1C([NH+]2C=C3N=CC=C3C2)NC(=NCCCc2ccnc(N)c2)NC12CCCC(Oc1cc(CCC3CC(OC(C)=O)CC(c4cc(O)c(O)c(OCCc5cccnc5)c4)O3)ccc1O)C2. The Morgan fingerprint density at radius 1 is 1.01 bits per heavy atom. The van der Waals surface area contributed by atoms with Gasteiger partial charge in [-0.2, -0.15) is 0 Å². The molecule has 9 N–H and O–H groups in total. The number of phenols is 3. The summed E-state index contributed by atoms with van der Waals surface area (Å²) in [6, 6.07) is 16.4. The number of fused-ring (bicyclic) bond motifs is 1. The number of carbonyl (C=O) groups excluding carboxylic acids is 1. The highest BCUT2D eigenvalue weighted by atomic mass is 16.6. The number of pyridine rings is 2. The van der Waals surface area contributed by atoms with E-state index in [0.29, 0.717) is 62.2 Å². The third-order valence-corrected chi connectivity index (χ3v) is 14.2. The monoisotopic (exact) mass is 957 g/mol. The van der Waals surface area contributed by atoms with Crippen LogP contribution in [0.15, 0.2) is 107 Å². The highest BCUT2D eigenvalue weighted by molar-refractivity contribution is 5.82. The predicted molar refractivity (Wildman–Crippen MR) is 265 cm³/mol. The molecule has 8 unspecified atom stereocenters. The zero-order valence-corrected chi connectivity index (χ0v) is 40.0. The number of allylic oxidation sites excluding steroid dienone is 1. The number of phenolic OH excluding ortho intramolecular Hbond substituents is 3. The summed E-state index contributed by atoms with van der Waals surface area (Å²) < 4.78 is 25.2. The molecule has 2 aromatic carbocycles. The molecule has 0 radical (unpaired) electrons. The fourth-order valence-corrected chi connectivity index (χ4v) is 10.9. The number of carbonyl (C=O) groups is 1. The van der Waals surface area contributed by atoms with E-state index in [-0.39, 0.29) is 65.4 Å². The van der Waals surface area contributed by atoms with E-state index in [2.05, 4.69) is 43.2 Å². The molecule has 2 saturated heterocycles. The van der Waals surface area contributed by atoms with Gasteiger partial charge < -0.3 is 56.0 Å². The van der Waals surface area contributed by atoms with Crippen LogP contribution in [0.4, 0.5) is 5.82 Å². The Morgan fingerprint density at radius 2 is 1.90 bits per heavy atom. The molecule has 1 aliphatic carbocycles. The van der Waals surface area contributed by atoms with Gasteiger partial charge in [-0.3, -0.25) is 24.7 Å². The lowest BCUT2D eigenvalue weighted by atomic mass is 9.69. The molecule has 9 rings (SSSR count). The van der Waals surface area contributed by atoms with E-state index < -0.39 is 12.2 Å². The third kappa shape index (κ3) is 11.7. The lowest BCUT2D eigenvalue weighted by molar-refractivity contribution is -0.873. The van der Waals surface area contributed by atoms with Crippen LogP contribution in [-0.2, 0) is 33.5 Å². The fraction of sp³-hybridized carbons (Fsp3) is 0.453. The summed E-state index contributed by atoms with van der Waals surface area (Å²) in [5, 5.41) is 44.0. The molecule has 3 fully saturated rings. The van der Waals surface area contributed by atoms with Crippen LogP contribution in [0.2, 0.25) is 0 Å². The van der Waals surface area contributed by atoms with Crippen molar-refractivity contribution in [2.75, 3.05) is 39.0 Å². The second-order valence-corrected chi connectivity index (χ2v) is 19.2. The van der Waals surface area contributed by atoms with Crippen molar-refractivity contribution >= 4 is 24.0 Å². The Bertz CT molecular complexity index is 2610. The van der Waals surface area contributed by atoms with Crippen molar-refractivity contribution in [1.29, 1.82) is 0 Å². The molecule has 4 aromatic rings. The predicted octanol–water partition coefficient (Wildman–Crippen LogP) is 4.74. The summed E-state index contributed by atoms with van der Waals surface area (Å²) in [7, 11) is 2.01. The van der Waals surface area contributed by atoms with Gasteiger partial charge >= 0.3 is 5.97 Å². The number of hydrogen-bond acceptors (Lipinski definition) is 14. The van der Waals surface area contributed by atoms with Gasteiger partial charge in [0, 0.05) is 76.1 Å². The average Bonchev–Trinajstić information content (AvgIpc) is 3.97. The Balaban J connectivity index is 0.883. The summed E-state index contributed by atoms with van der Waals surface area (Å²) >= 11 is 0. The molecular formula is C53H66N9O8+. The minimum Gasteiger partial charge on any atom is -0.504 e. The number of ether oxygens (including phenoxy) is 4. The second kappa shape index (κ2) is 21.9. The fourth-order valence-electron chi connectivity index (χ4n) is 10.9. The first-order chi connectivity index (χ1) is 34.0. The number of nitrogens with two attached hydrogens (primary N) is 1. The standard InChI is InChI=1S/C53H65N9O8/c1-33(63)68-41-26-39(69-46(27-41)38-24-45(65)50(66)48(25-38)67-21-15-36-7-4-17-56-29-36)11-9-35-10-12-44(64)47(22-35)70-40-8-3-16-53(28-40)42(30-55-2)51(62-31-37-14-20-57-43(37)32-62)60-52(61-53)59-18-5-6-34-13-19-58-49(54)23-34/h4,7,10,12-14,17,19-20,22-25,29,32,39-42,46,51,55,64-66H,3,5-6,8-9,11,15-16,18,21,26-28,30-31H2,1-2H3,(H2,54,58)(H2,59,60,61)/p+1. The van der Waals surface area contributed by atoms with E-state index in [1.165, 1.54) is 23.5 Å². The second-order valence-electron chi connectivity index (χ2n) is 19.2. The zero-order chi connectivity index (χ0) is 48.6. The first-order valence-corrected chi connectivity index (χ1v) is 24.6. The number of aromatic nitrogens is 2. The van der Waals surface area contributed by atoms with Crippen molar-refractivity contribution in [3.05, 3.63) is 119 Å². The number of aliphatic imine (C=N–C) groups is 2. The number of quaternary nitrogens is 1. The van der Waals surface area contributed by atoms with Crippen LogP contribution in [0.3, 0.4) is 0 Å². The van der Waals surface area contributed by atoms with E-state index in [1.54, 1.807) is 30.7 Å². The van der Waals surface area contributed by atoms with Crippen molar-refractivity contribution in [3.8, 4) is 28.7 Å². The maximum atomic E-state index is 12.2. The van der Waals surface area contributed by atoms with Crippen molar-refractivity contribution in [2.45, 2.75) is 114 Å². The molecule has 0 amide bonds. The zero-order valence-electron chi connectivity index (χ0n) is 40.0. The average molecular weight is 957 g/mol. The van der Waals surface area contributed by atoms with Gasteiger partial charge in [-0.05, 0) is 123 Å². The molecule has 1 spiro atoms. The molecule has 70 heavy (non-hydrogen) atoms. The number of anilines is 1. The molecule has 4 aliphatic heterocycles. The van der Waals surface area contributed by atoms with Gasteiger partial charge in [0.25, 0.3) is 0 Å². The first kappa shape index (κ1) is 48.3. The lowest BCUT2D eigenvalue weighted by Gasteiger charge is -2.53. The minimum atomic E-state index is -0.547. The van der Waals surface area contributed by atoms with E-state index >= 15 is 0 Å². The number of benzene rings is 2. The lowest BCUT2D eigenvalue weighted by Crippen LogP contribution is -3.15. The van der Waals surface area contributed by atoms with E-state index in [9.17, 15) is 20.1 Å². The van der Waals surface area contributed by atoms with Gasteiger partial charge in [-0.25, -0.2) is 4.98 Å². The summed E-state index contributed by atoms with van der Waals surface area (Å²) in [5.41, 5.74) is 11.5. The van der Waals surface area contributed by atoms with Crippen molar-refractivity contribution < 1.29 is 44.0 Å². The molecule has 6 heterocycles. The highest BCUT2D eigenvalue weighted by Crippen LogP contribution is 2.44. The van der Waals surface area contributed by atoms with Gasteiger partial charge in [0.1, 0.15) is 36.5 Å². The molecule has 2 aromatic heterocycles. The van der Waals surface area contributed by atoms with Crippen LogP contribution in [0.1, 0.15) is 86.6 Å². The Labute approximate surface area is 408 Å². The number of hydrogen-bond donors (Lipinski definition) is 8. The molecule has 0 bridgehead atoms. The number of rotatable bonds is 18. The van der Waals surface area contributed by atoms with Gasteiger partial charge in [0.05, 0.1) is 30.3 Å². The normalized spacial score (nSPS) is 26.5. The smallest absolute Gasteiger partial charge is 0.302 e. The minimum absolute atomic E-state index is 0.0113. The third-order valence-electron chi connectivity index (χ3n) is 14.2. The van der Waals surface area contributed by atoms with E-state index in [4.69, 9.17) is 29.7 Å². The molecule has 17 nitrogen and oxygen atoms in total. The summed E-state index contributed by atoms with van der Waals surface area (Å²) in [4.78, 5) is 31.6. The van der Waals surface area contributed by atoms with Gasteiger partial charge in [-0.1, -0.05) is 12.1 Å². The number of aryl methyl sites for hydroxylation is 2. The highest BCUT2D eigenvalue weighted by Gasteiger charge is 2.54. The number of nitrogen functional groups attached to an aromatic ring is 1. The number of nitrogens with zero attached hydrogens (tertiary/aromatic N) is 4. The Kier molecular flexibility index (Phi) is 15.2. The maximum absolute atomic E-state index is 12.2. The maximum Gasteiger partial charge on any atom is 0.302 e. The van der Waals surface area contributed by atoms with Crippen LogP contribution < -0.4 is 36.1 Å². The van der Waals surface area contributed by atoms with Crippen LogP contribution in [0.25, 0.3) is 0 Å². The number of esters is 1. The Morgan fingerprint density at radius 3 is 2.71 bits per heavy atom. The number of aromatic hydroxyl groups is 3. The van der Waals surface area contributed by atoms with Gasteiger partial charge in [0.15, 0.2) is 35.1 Å².